The van der Waals surface area contributed by atoms with Gasteiger partial charge in [-0.25, -0.2) is 14.6 Å². The van der Waals surface area contributed by atoms with Crippen LogP contribution in [0.5, 0.6) is 11.5 Å². The Hall–Kier alpha value is -4.59. The van der Waals surface area contributed by atoms with Gasteiger partial charge in [0.25, 0.3) is 0 Å². The standard InChI is InChI=1S/C28H27N3O5/c1-4-35-25-8-6-5-7-23(25)31-28(33)29-20-13-14-22-21(15-20)26(36-17-27(32)34-3)16-24(30-22)19-11-9-18(2)10-12-19/h5-16H,4,17H2,1-3H3,(H2,29,31,33). The SMILES string of the molecule is CCOc1ccccc1NC(=O)Nc1ccc2nc(-c3ccc(C)cc3)cc(OCC(=O)OC)c2c1. The Balaban J connectivity index is 1.63. The number of carbonyl (C=O) groups excluding carboxylic acids is 2. The van der Waals surface area contributed by atoms with Gasteiger partial charge < -0.3 is 24.8 Å². The topological polar surface area (TPSA) is 98.8 Å². The number of urea groups is 1. The average Bonchev–Trinajstić information content (AvgIpc) is 2.88. The molecule has 0 atom stereocenters. The van der Waals surface area contributed by atoms with Gasteiger partial charge >= 0.3 is 12.0 Å². The van der Waals surface area contributed by atoms with Gasteiger partial charge in [0.15, 0.2) is 6.61 Å². The highest BCUT2D eigenvalue weighted by molar-refractivity contribution is 6.02. The third-order valence-electron chi connectivity index (χ3n) is 5.38. The molecule has 8 heteroatoms. The average molecular weight is 486 g/mol. The van der Waals surface area contributed by atoms with E-state index in [4.69, 9.17) is 19.2 Å². The zero-order valence-corrected chi connectivity index (χ0v) is 20.3. The zero-order valence-electron chi connectivity index (χ0n) is 20.3. The van der Waals surface area contributed by atoms with E-state index in [1.165, 1.54) is 7.11 Å². The van der Waals surface area contributed by atoms with Crippen molar-refractivity contribution >= 4 is 34.3 Å². The van der Waals surface area contributed by atoms with Gasteiger partial charge in [-0.3, -0.25) is 0 Å². The molecule has 1 heterocycles. The van der Waals surface area contributed by atoms with Crippen molar-refractivity contribution in [2.45, 2.75) is 13.8 Å². The molecule has 2 amide bonds. The molecule has 3 aromatic carbocycles. The van der Waals surface area contributed by atoms with E-state index in [1.807, 2.05) is 50.2 Å². The lowest BCUT2D eigenvalue weighted by atomic mass is 10.1. The molecule has 0 aliphatic heterocycles. The van der Waals surface area contributed by atoms with Gasteiger partial charge in [-0.15, -0.1) is 0 Å². The van der Waals surface area contributed by atoms with E-state index in [1.54, 1.807) is 36.4 Å². The fourth-order valence-electron chi connectivity index (χ4n) is 3.60. The summed E-state index contributed by atoms with van der Waals surface area (Å²) in [4.78, 5) is 29.2. The van der Waals surface area contributed by atoms with Crippen LogP contribution in [0.4, 0.5) is 16.2 Å². The van der Waals surface area contributed by atoms with E-state index in [0.717, 1.165) is 11.1 Å². The number of para-hydroxylation sites is 2. The fraction of sp³-hybridized carbons (Fsp3) is 0.179. The lowest BCUT2D eigenvalue weighted by Crippen LogP contribution is -2.20. The van der Waals surface area contributed by atoms with Gasteiger partial charge in [0.05, 0.1) is 30.6 Å². The number of nitrogens with zero attached hydrogens (tertiary/aromatic N) is 1. The number of hydrogen-bond acceptors (Lipinski definition) is 6. The second-order valence-corrected chi connectivity index (χ2v) is 7.98. The molecular formula is C28H27N3O5. The maximum absolute atomic E-state index is 12.7. The number of aromatic nitrogens is 1. The Morgan fingerprint density at radius 2 is 1.67 bits per heavy atom. The van der Waals surface area contributed by atoms with Crippen LogP contribution >= 0.6 is 0 Å². The molecule has 4 rings (SSSR count). The molecule has 184 valence electrons. The van der Waals surface area contributed by atoms with E-state index in [2.05, 4.69) is 10.6 Å². The number of rotatable bonds is 8. The maximum Gasteiger partial charge on any atom is 0.343 e. The molecule has 0 unspecified atom stereocenters. The lowest BCUT2D eigenvalue weighted by Gasteiger charge is -2.14. The first kappa shape index (κ1) is 24.5. The second kappa shape index (κ2) is 11.2. The normalized spacial score (nSPS) is 10.5. The summed E-state index contributed by atoms with van der Waals surface area (Å²) in [7, 11) is 1.30. The largest absolute Gasteiger partial charge is 0.492 e. The number of pyridine rings is 1. The summed E-state index contributed by atoms with van der Waals surface area (Å²) in [6.45, 7) is 4.12. The van der Waals surface area contributed by atoms with Crippen molar-refractivity contribution in [2.24, 2.45) is 0 Å². The van der Waals surface area contributed by atoms with Gasteiger partial charge in [-0.05, 0) is 44.2 Å². The van der Waals surface area contributed by atoms with Gasteiger partial charge in [0.2, 0.25) is 0 Å². The van der Waals surface area contributed by atoms with E-state index >= 15 is 0 Å². The highest BCUT2D eigenvalue weighted by Gasteiger charge is 2.13. The van der Waals surface area contributed by atoms with Crippen molar-refractivity contribution in [2.75, 3.05) is 31.0 Å². The van der Waals surface area contributed by atoms with Gasteiger partial charge in [0.1, 0.15) is 11.5 Å². The van der Waals surface area contributed by atoms with Crippen molar-refractivity contribution in [3.63, 3.8) is 0 Å². The number of fused-ring (bicyclic) bond motifs is 1. The Labute approximate surface area is 209 Å². The van der Waals surface area contributed by atoms with Crippen LogP contribution in [-0.2, 0) is 9.53 Å². The molecule has 36 heavy (non-hydrogen) atoms. The molecule has 0 aliphatic rings. The monoisotopic (exact) mass is 485 g/mol. The van der Waals surface area contributed by atoms with Crippen molar-refractivity contribution < 1.29 is 23.8 Å². The Morgan fingerprint density at radius 1 is 0.889 bits per heavy atom. The van der Waals surface area contributed by atoms with Crippen LogP contribution in [0.1, 0.15) is 12.5 Å². The van der Waals surface area contributed by atoms with Crippen LogP contribution in [-0.4, -0.2) is 37.3 Å². The van der Waals surface area contributed by atoms with E-state index in [9.17, 15) is 9.59 Å². The molecule has 4 aromatic rings. The van der Waals surface area contributed by atoms with Crippen LogP contribution in [0.2, 0.25) is 0 Å². The van der Waals surface area contributed by atoms with Crippen LogP contribution in [0.3, 0.4) is 0 Å². The number of hydrogen-bond donors (Lipinski definition) is 2. The van der Waals surface area contributed by atoms with Crippen molar-refractivity contribution in [1.29, 1.82) is 0 Å². The van der Waals surface area contributed by atoms with Crippen molar-refractivity contribution in [3.05, 3.63) is 78.4 Å². The Morgan fingerprint density at radius 3 is 2.42 bits per heavy atom. The van der Waals surface area contributed by atoms with Crippen molar-refractivity contribution in [3.8, 4) is 22.8 Å². The van der Waals surface area contributed by atoms with Crippen LogP contribution in [0.15, 0.2) is 72.8 Å². The number of nitrogens with one attached hydrogen (secondary N) is 2. The first-order valence-corrected chi connectivity index (χ1v) is 11.5. The van der Waals surface area contributed by atoms with Crippen molar-refractivity contribution in [1.82, 2.24) is 4.98 Å². The number of amides is 2. The summed E-state index contributed by atoms with van der Waals surface area (Å²) in [5, 5.41) is 6.27. The molecule has 8 nitrogen and oxygen atoms in total. The number of esters is 1. The highest BCUT2D eigenvalue weighted by Crippen LogP contribution is 2.32. The zero-order chi connectivity index (χ0) is 25.5. The number of methoxy groups -OCH3 is 1. The van der Waals surface area contributed by atoms with Gasteiger partial charge in [-0.2, -0.15) is 0 Å². The lowest BCUT2D eigenvalue weighted by molar-refractivity contribution is -0.142. The van der Waals surface area contributed by atoms with Gasteiger partial charge in [0, 0.05) is 22.7 Å². The molecule has 0 spiro atoms. The summed E-state index contributed by atoms with van der Waals surface area (Å²) in [6, 6.07) is 21.8. The second-order valence-electron chi connectivity index (χ2n) is 7.98. The summed E-state index contributed by atoms with van der Waals surface area (Å²) in [5.74, 6) is 0.533. The Kier molecular flexibility index (Phi) is 7.65. The molecule has 0 saturated heterocycles. The summed E-state index contributed by atoms with van der Waals surface area (Å²) in [6.07, 6.45) is 0. The molecule has 0 fully saturated rings. The summed E-state index contributed by atoms with van der Waals surface area (Å²) >= 11 is 0. The minimum atomic E-state index is -0.501. The first-order valence-electron chi connectivity index (χ1n) is 11.5. The molecule has 0 radical (unpaired) electrons. The first-order chi connectivity index (χ1) is 17.5. The van der Waals surface area contributed by atoms with E-state index < -0.39 is 12.0 Å². The van der Waals surface area contributed by atoms with Crippen LogP contribution in [0, 0.1) is 6.92 Å². The molecule has 0 aliphatic carbocycles. The predicted molar refractivity (Wildman–Crippen MR) is 140 cm³/mol. The molecule has 0 bridgehead atoms. The van der Waals surface area contributed by atoms with Crippen LogP contribution in [0.25, 0.3) is 22.2 Å². The molecule has 1 aromatic heterocycles. The third kappa shape index (κ3) is 5.90. The predicted octanol–water partition coefficient (Wildman–Crippen LogP) is 5.80. The molecular weight excluding hydrogens is 458 g/mol. The number of aryl methyl sites for hydroxylation is 1. The number of benzene rings is 3. The fourth-order valence-corrected chi connectivity index (χ4v) is 3.60. The van der Waals surface area contributed by atoms with Gasteiger partial charge in [-0.1, -0.05) is 42.0 Å². The molecule has 2 N–H and O–H groups in total. The molecule has 0 saturated carbocycles. The minimum absolute atomic E-state index is 0.255. The third-order valence-corrected chi connectivity index (χ3v) is 5.38. The smallest absolute Gasteiger partial charge is 0.343 e. The number of anilines is 2. The summed E-state index contributed by atoms with van der Waals surface area (Å²) < 4.78 is 16.1. The number of ether oxygens (including phenoxy) is 3. The number of carbonyl (C=O) groups is 2. The summed E-state index contributed by atoms with van der Waals surface area (Å²) in [5.41, 5.74) is 4.50. The maximum atomic E-state index is 12.7. The quantitative estimate of drug-likeness (QED) is 0.306. The Bertz CT molecular complexity index is 1390. The highest BCUT2D eigenvalue weighted by atomic mass is 16.6. The van der Waals surface area contributed by atoms with E-state index in [-0.39, 0.29) is 6.61 Å². The van der Waals surface area contributed by atoms with Crippen LogP contribution < -0.4 is 20.1 Å². The van der Waals surface area contributed by atoms with E-state index in [0.29, 0.717) is 46.1 Å². The minimum Gasteiger partial charge on any atom is -0.492 e.